The Morgan fingerprint density at radius 2 is 1.50 bits per heavy atom. The van der Waals surface area contributed by atoms with Crippen LogP contribution >= 0.6 is 0 Å². The van der Waals surface area contributed by atoms with E-state index in [1.807, 2.05) is 59.3 Å². The van der Waals surface area contributed by atoms with Crippen molar-refractivity contribution in [2.45, 2.75) is 0 Å². The molecule has 0 aliphatic heterocycles. The predicted octanol–water partition coefficient (Wildman–Crippen LogP) is 3.31. The fourth-order valence-corrected chi connectivity index (χ4v) is 2.77. The van der Waals surface area contributed by atoms with Crippen molar-refractivity contribution in [3.05, 3.63) is 79.1 Å². The fraction of sp³-hybridized carbons (Fsp3) is 0.0500. The molecular formula is C20H18N6. The van der Waals surface area contributed by atoms with E-state index in [1.165, 1.54) is 11.3 Å². The molecule has 26 heavy (non-hydrogen) atoms. The summed E-state index contributed by atoms with van der Waals surface area (Å²) in [5.41, 5.74) is 3.94. The van der Waals surface area contributed by atoms with Crippen molar-refractivity contribution in [3.8, 4) is 28.3 Å². The number of aromatic nitrogens is 4. The zero-order valence-corrected chi connectivity index (χ0v) is 14.3. The third-order valence-electron chi connectivity index (χ3n) is 4.07. The predicted molar refractivity (Wildman–Crippen MR) is 103 cm³/mol. The van der Waals surface area contributed by atoms with Gasteiger partial charge in [-0.3, -0.25) is 5.01 Å². The van der Waals surface area contributed by atoms with Crippen LogP contribution in [0.15, 0.2) is 79.1 Å². The third kappa shape index (κ3) is 3.05. The van der Waals surface area contributed by atoms with Gasteiger partial charge in [0.1, 0.15) is 12.1 Å². The molecule has 2 N–H and O–H groups in total. The first-order valence-corrected chi connectivity index (χ1v) is 8.24. The Kier molecular flexibility index (Phi) is 4.17. The molecule has 4 aromatic rings. The average Bonchev–Trinajstić information content (AvgIpc) is 3.15. The molecule has 0 bridgehead atoms. The molecule has 0 radical (unpaired) electrons. The molecule has 128 valence electrons. The van der Waals surface area contributed by atoms with Crippen LogP contribution in [0.4, 0.5) is 5.82 Å². The number of rotatable bonds is 4. The largest absolute Gasteiger partial charge is 0.298 e. The minimum Gasteiger partial charge on any atom is -0.298 e. The molecule has 2 aromatic heterocycles. The summed E-state index contributed by atoms with van der Waals surface area (Å²) in [4.78, 5) is 8.57. The second-order valence-corrected chi connectivity index (χ2v) is 5.90. The number of benzene rings is 2. The summed E-state index contributed by atoms with van der Waals surface area (Å²) in [6.07, 6.45) is 1.49. The Labute approximate surface area is 151 Å². The molecule has 0 atom stereocenters. The third-order valence-corrected chi connectivity index (χ3v) is 4.07. The Bertz CT molecular complexity index is 1010. The van der Waals surface area contributed by atoms with E-state index in [0.29, 0.717) is 11.6 Å². The SMILES string of the molecule is CN(N)c1cc(-n2nc(-c3ccccc3)cc2-c2ccccc2)ncn1. The van der Waals surface area contributed by atoms with E-state index in [0.717, 1.165) is 22.5 Å². The van der Waals surface area contributed by atoms with Gasteiger partial charge in [0.15, 0.2) is 5.82 Å². The Hall–Kier alpha value is -3.51. The van der Waals surface area contributed by atoms with Crippen LogP contribution in [0.1, 0.15) is 0 Å². The van der Waals surface area contributed by atoms with Gasteiger partial charge in [-0.1, -0.05) is 60.7 Å². The number of anilines is 1. The van der Waals surface area contributed by atoms with E-state index in [1.54, 1.807) is 7.05 Å². The van der Waals surface area contributed by atoms with Gasteiger partial charge in [-0.25, -0.2) is 20.5 Å². The van der Waals surface area contributed by atoms with Gasteiger partial charge in [0.25, 0.3) is 0 Å². The molecular weight excluding hydrogens is 324 g/mol. The summed E-state index contributed by atoms with van der Waals surface area (Å²) in [7, 11) is 1.74. The topological polar surface area (TPSA) is 72.9 Å². The van der Waals surface area contributed by atoms with Crippen LogP contribution in [-0.2, 0) is 0 Å². The first kappa shape index (κ1) is 16.0. The quantitative estimate of drug-likeness (QED) is 0.455. The number of nitrogens with two attached hydrogens (primary N) is 1. The smallest absolute Gasteiger partial charge is 0.159 e. The molecule has 0 saturated heterocycles. The summed E-state index contributed by atoms with van der Waals surface area (Å²) in [6, 6.07) is 24.1. The molecule has 0 spiro atoms. The van der Waals surface area contributed by atoms with Crippen LogP contribution in [0.3, 0.4) is 0 Å². The maximum absolute atomic E-state index is 5.82. The van der Waals surface area contributed by atoms with Crippen molar-refractivity contribution < 1.29 is 0 Å². The highest BCUT2D eigenvalue weighted by molar-refractivity contribution is 5.70. The van der Waals surface area contributed by atoms with Crippen molar-refractivity contribution in [1.29, 1.82) is 0 Å². The normalized spacial score (nSPS) is 10.7. The van der Waals surface area contributed by atoms with E-state index < -0.39 is 0 Å². The Morgan fingerprint density at radius 3 is 2.15 bits per heavy atom. The maximum atomic E-state index is 5.82. The van der Waals surface area contributed by atoms with Gasteiger partial charge in [0.05, 0.1) is 11.4 Å². The van der Waals surface area contributed by atoms with Crippen LogP contribution in [0.2, 0.25) is 0 Å². The zero-order valence-electron chi connectivity index (χ0n) is 14.3. The lowest BCUT2D eigenvalue weighted by molar-refractivity contribution is 0.842. The molecule has 0 aliphatic carbocycles. The van der Waals surface area contributed by atoms with E-state index in [2.05, 4.69) is 28.2 Å². The van der Waals surface area contributed by atoms with Crippen molar-refractivity contribution in [2.75, 3.05) is 12.1 Å². The number of nitrogens with zero attached hydrogens (tertiary/aromatic N) is 5. The van der Waals surface area contributed by atoms with Gasteiger partial charge >= 0.3 is 0 Å². The summed E-state index contributed by atoms with van der Waals surface area (Å²) < 4.78 is 1.83. The number of hydrogen-bond acceptors (Lipinski definition) is 5. The second kappa shape index (κ2) is 6.78. The van der Waals surface area contributed by atoms with Gasteiger partial charge in [-0.15, -0.1) is 0 Å². The van der Waals surface area contributed by atoms with Gasteiger partial charge < -0.3 is 0 Å². The standard InChI is InChI=1S/C20H18N6/c1-25(21)19-13-20(23-14-22-19)26-18(16-10-6-3-7-11-16)12-17(24-26)15-8-4-2-5-9-15/h2-14H,21H2,1H3. The first-order chi connectivity index (χ1) is 12.7. The molecule has 0 saturated carbocycles. The molecule has 4 rings (SSSR count). The van der Waals surface area contributed by atoms with Gasteiger partial charge in [-0.2, -0.15) is 5.10 Å². The minimum absolute atomic E-state index is 0.616. The summed E-state index contributed by atoms with van der Waals surface area (Å²) in [5.74, 6) is 7.10. The van der Waals surface area contributed by atoms with Gasteiger partial charge in [0.2, 0.25) is 0 Å². The van der Waals surface area contributed by atoms with Crippen molar-refractivity contribution in [3.63, 3.8) is 0 Å². The van der Waals surface area contributed by atoms with Crippen LogP contribution in [-0.4, -0.2) is 26.8 Å². The monoisotopic (exact) mass is 342 g/mol. The summed E-state index contributed by atoms with van der Waals surface area (Å²) in [5, 5.41) is 6.25. The van der Waals surface area contributed by atoms with E-state index in [4.69, 9.17) is 10.9 Å². The van der Waals surface area contributed by atoms with E-state index >= 15 is 0 Å². The highest BCUT2D eigenvalue weighted by atomic mass is 15.4. The molecule has 0 unspecified atom stereocenters. The van der Waals surface area contributed by atoms with Crippen molar-refractivity contribution in [1.82, 2.24) is 19.7 Å². The van der Waals surface area contributed by atoms with Crippen LogP contribution in [0.25, 0.3) is 28.3 Å². The van der Waals surface area contributed by atoms with Gasteiger partial charge in [0, 0.05) is 24.2 Å². The van der Waals surface area contributed by atoms with Crippen LogP contribution < -0.4 is 10.9 Å². The second-order valence-electron chi connectivity index (χ2n) is 5.90. The lowest BCUT2D eigenvalue weighted by Crippen LogP contribution is -2.26. The number of hydrazine groups is 1. The molecule has 6 heteroatoms. The van der Waals surface area contributed by atoms with E-state index in [-0.39, 0.29) is 0 Å². The first-order valence-electron chi connectivity index (χ1n) is 8.24. The lowest BCUT2D eigenvalue weighted by atomic mass is 10.1. The number of hydrogen-bond donors (Lipinski definition) is 1. The molecule has 6 nitrogen and oxygen atoms in total. The maximum Gasteiger partial charge on any atom is 0.159 e. The summed E-state index contributed by atoms with van der Waals surface area (Å²) >= 11 is 0. The van der Waals surface area contributed by atoms with Crippen LogP contribution in [0, 0.1) is 0 Å². The lowest BCUT2D eigenvalue weighted by Gasteiger charge is -2.12. The average molecular weight is 342 g/mol. The molecule has 2 heterocycles. The molecule has 0 amide bonds. The zero-order chi connectivity index (χ0) is 17.9. The highest BCUT2D eigenvalue weighted by Gasteiger charge is 2.14. The Balaban J connectivity index is 1.90. The van der Waals surface area contributed by atoms with Crippen molar-refractivity contribution in [2.24, 2.45) is 5.84 Å². The van der Waals surface area contributed by atoms with E-state index in [9.17, 15) is 0 Å². The van der Waals surface area contributed by atoms with Crippen LogP contribution in [0.5, 0.6) is 0 Å². The summed E-state index contributed by atoms with van der Waals surface area (Å²) in [6.45, 7) is 0. The minimum atomic E-state index is 0.616. The fourth-order valence-electron chi connectivity index (χ4n) is 2.77. The molecule has 0 aliphatic rings. The highest BCUT2D eigenvalue weighted by Crippen LogP contribution is 2.28. The van der Waals surface area contributed by atoms with Gasteiger partial charge in [-0.05, 0) is 6.07 Å². The molecule has 2 aromatic carbocycles. The Morgan fingerprint density at radius 1 is 0.846 bits per heavy atom. The van der Waals surface area contributed by atoms with Crippen molar-refractivity contribution >= 4 is 5.82 Å². The molecule has 0 fully saturated rings.